The summed E-state index contributed by atoms with van der Waals surface area (Å²) in [5.41, 5.74) is 0.885. The van der Waals surface area contributed by atoms with Crippen molar-refractivity contribution in [1.82, 2.24) is 15.6 Å². The van der Waals surface area contributed by atoms with Crippen molar-refractivity contribution < 1.29 is 17.9 Å². The van der Waals surface area contributed by atoms with Crippen molar-refractivity contribution in [3.05, 3.63) is 23.9 Å². The number of aromatic nitrogens is 1. The standard InChI is InChI=1S/C15H24N4O4S.HI/c1-16-15(19-13-5-9-24(20,21)11-13)18-10-12-4-3-6-17-14(12)23-8-7-22-2;/h3-4,6,13H,5,7-11H2,1-2H3,(H2,16,18,19);1H. The largest absolute Gasteiger partial charge is 0.475 e. The molecule has 0 radical (unpaired) electrons. The molecule has 10 heteroatoms. The van der Waals surface area contributed by atoms with Crippen molar-refractivity contribution in [3.63, 3.8) is 0 Å². The number of aliphatic imine (C=N–C) groups is 1. The Balaban J connectivity index is 0.00000312. The predicted molar refractivity (Wildman–Crippen MR) is 107 cm³/mol. The van der Waals surface area contributed by atoms with Crippen LogP contribution < -0.4 is 15.4 Å². The van der Waals surface area contributed by atoms with Crippen LogP contribution in [0.15, 0.2) is 23.3 Å². The minimum atomic E-state index is -2.92. The zero-order valence-corrected chi connectivity index (χ0v) is 17.5. The highest BCUT2D eigenvalue weighted by Crippen LogP contribution is 2.14. The van der Waals surface area contributed by atoms with E-state index in [-0.39, 0.29) is 41.5 Å². The Hall–Kier alpha value is -1.14. The second-order valence-electron chi connectivity index (χ2n) is 5.48. The fraction of sp³-hybridized carbons (Fsp3) is 0.600. The number of pyridine rings is 1. The molecule has 1 aromatic heterocycles. The maximum absolute atomic E-state index is 11.5. The molecule has 142 valence electrons. The number of nitrogens with one attached hydrogen (secondary N) is 2. The molecule has 2 N–H and O–H groups in total. The molecule has 2 heterocycles. The summed E-state index contributed by atoms with van der Waals surface area (Å²) in [4.78, 5) is 8.36. The molecule has 1 unspecified atom stereocenters. The fourth-order valence-corrected chi connectivity index (χ4v) is 4.06. The van der Waals surface area contributed by atoms with Crippen LogP contribution in [0.1, 0.15) is 12.0 Å². The molecular weight excluding hydrogens is 459 g/mol. The molecule has 1 aliphatic rings. The first kappa shape index (κ1) is 21.9. The summed E-state index contributed by atoms with van der Waals surface area (Å²) in [5.74, 6) is 1.47. The molecule has 2 rings (SSSR count). The fourth-order valence-electron chi connectivity index (χ4n) is 2.39. The molecule has 1 fully saturated rings. The summed E-state index contributed by atoms with van der Waals surface area (Å²) in [5, 5.41) is 6.31. The van der Waals surface area contributed by atoms with E-state index in [2.05, 4.69) is 20.6 Å². The quantitative estimate of drug-likeness (QED) is 0.253. The molecule has 0 spiro atoms. The highest BCUT2D eigenvalue weighted by molar-refractivity contribution is 14.0. The van der Waals surface area contributed by atoms with Crippen LogP contribution >= 0.6 is 24.0 Å². The van der Waals surface area contributed by atoms with Gasteiger partial charge in [0, 0.05) is 38.5 Å². The predicted octanol–water partition coefficient (Wildman–Crippen LogP) is 0.577. The van der Waals surface area contributed by atoms with Gasteiger partial charge in [0.05, 0.1) is 18.1 Å². The summed E-state index contributed by atoms with van der Waals surface area (Å²) >= 11 is 0. The van der Waals surface area contributed by atoms with E-state index >= 15 is 0 Å². The lowest BCUT2D eigenvalue weighted by molar-refractivity contribution is 0.143. The minimum absolute atomic E-state index is 0. The van der Waals surface area contributed by atoms with Crippen LogP contribution in [0, 0.1) is 0 Å². The second-order valence-corrected chi connectivity index (χ2v) is 7.71. The van der Waals surface area contributed by atoms with Gasteiger partial charge in [0.1, 0.15) is 6.61 Å². The number of hydrogen-bond acceptors (Lipinski definition) is 6. The van der Waals surface area contributed by atoms with E-state index < -0.39 is 9.84 Å². The van der Waals surface area contributed by atoms with Crippen LogP contribution in [0.4, 0.5) is 0 Å². The van der Waals surface area contributed by atoms with E-state index in [1.165, 1.54) is 0 Å². The second kappa shape index (κ2) is 10.8. The summed E-state index contributed by atoms with van der Waals surface area (Å²) < 4.78 is 33.6. The van der Waals surface area contributed by atoms with E-state index in [1.54, 1.807) is 20.4 Å². The van der Waals surface area contributed by atoms with Crippen LogP contribution in [-0.2, 0) is 21.1 Å². The zero-order valence-electron chi connectivity index (χ0n) is 14.4. The summed E-state index contributed by atoms with van der Waals surface area (Å²) in [6.45, 7) is 1.38. The van der Waals surface area contributed by atoms with E-state index in [4.69, 9.17) is 9.47 Å². The molecule has 25 heavy (non-hydrogen) atoms. The van der Waals surface area contributed by atoms with Crippen molar-refractivity contribution in [3.8, 4) is 5.88 Å². The molecule has 1 aliphatic heterocycles. The normalized spacial score (nSPS) is 19.1. The van der Waals surface area contributed by atoms with Gasteiger partial charge < -0.3 is 20.1 Å². The highest BCUT2D eigenvalue weighted by atomic mass is 127. The van der Waals surface area contributed by atoms with E-state index in [0.717, 1.165) is 5.56 Å². The van der Waals surface area contributed by atoms with Crippen LogP contribution in [0.25, 0.3) is 0 Å². The molecular formula is C15H25IN4O4S. The maximum atomic E-state index is 11.5. The third-order valence-corrected chi connectivity index (χ3v) is 5.39. The Bertz CT molecular complexity index is 669. The lowest BCUT2D eigenvalue weighted by atomic mass is 10.2. The van der Waals surface area contributed by atoms with Gasteiger partial charge >= 0.3 is 0 Å². The van der Waals surface area contributed by atoms with E-state index in [1.807, 2.05) is 12.1 Å². The van der Waals surface area contributed by atoms with Gasteiger partial charge in [-0.25, -0.2) is 13.4 Å². The number of ether oxygens (including phenoxy) is 2. The molecule has 1 saturated heterocycles. The Morgan fingerprint density at radius 3 is 2.88 bits per heavy atom. The lowest BCUT2D eigenvalue weighted by Crippen LogP contribution is -2.43. The number of sulfone groups is 1. The van der Waals surface area contributed by atoms with Gasteiger partial charge in [-0.05, 0) is 12.5 Å². The van der Waals surface area contributed by atoms with Gasteiger partial charge in [0.15, 0.2) is 15.8 Å². The number of guanidine groups is 1. The Morgan fingerprint density at radius 2 is 2.24 bits per heavy atom. The lowest BCUT2D eigenvalue weighted by Gasteiger charge is -2.17. The number of halogens is 1. The first-order chi connectivity index (χ1) is 11.5. The van der Waals surface area contributed by atoms with Gasteiger partial charge in [-0.3, -0.25) is 4.99 Å². The smallest absolute Gasteiger partial charge is 0.218 e. The van der Waals surface area contributed by atoms with Crippen molar-refractivity contribution in [2.24, 2.45) is 4.99 Å². The summed E-state index contributed by atoms with van der Waals surface area (Å²) in [7, 11) is 0.342. The molecule has 8 nitrogen and oxygen atoms in total. The zero-order chi connectivity index (χ0) is 17.4. The van der Waals surface area contributed by atoms with Crippen molar-refractivity contribution >= 4 is 39.8 Å². The average Bonchev–Trinajstić information content (AvgIpc) is 2.91. The molecule has 1 aromatic rings. The van der Waals surface area contributed by atoms with Gasteiger partial charge in [0.25, 0.3) is 0 Å². The van der Waals surface area contributed by atoms with E-state index in [9.17, 15) is 8.42 Å². The molecule has 0 amide bonds. The third-order valence-electron chi connectivity index (χ3n) is 3.62. The van der Waals surface area contributed by atoms with Gasteiger partial charge in [-0.2, -0.15) is 0 Å². The van der Waals surface area contributed by atoms with Crippen LogP contribution in [0.5, 0.6) is 5.88 Å². The summed E-state index contributed by atoms with van der Waals surface area (Å²) in [6.07, 6.45) is 2.27. The average molecular weight is 484 g/mol. The molecule has 0 aromatic carbocycles. The Labute approximate surface area is 165 Å². The van der Waals surface area contributed by atoms with Crippen molar-refractivity contribution in [1.29, 1.82) is 0 Å². The Kier molecular flexibility index (Phi) is 9.43. The van der Waals surface area contributed by atoms with Crippen LogP contribution in [0.2, 0.25) is 0 Å². The molecule has 0 saturated carbocycles. The topological polar surface area (TPSA) is 102 Å². The third kappa shape index (κ3) is 7.32. The monoisotopic (exact) mass is 484 g/mol. The first-order valence-corrected chi connectivity index (χ1v) is 9.59. The maximum Gasteiger partial charge on any atom is 0.218 e. The van der Waals surface area contributed by atoms with Gasteiger partial charge in [0.2, 0.25) is 5.88 Å². The van der Waals surface area contributed by atoms with Gasteiger partial charge in [-0.1, -0.05) is 6.07 Å². The molecule has 1 atom stereocenters. The molecule has 0 aliphatic carbocycles. The van der Waals surface area contributed by atoms with Crippen LogP contribution in [-0.4, -0.2) is 64.3 Å². The number of hydrogen-bond donors (Lipinski definition) is 2. The summed E-state index contributed by atoms with van der Waals surface area (Å²) in [6, 6.07) is 3.64. The number of methoxy groups -OCH3 is 1. The van der Waals surface area contributed by atoms with Crippen molar-refractivity contribution in [2.75, 3.05) is 38.9 Å². The number of rotatable bonds is 7. The first-order valence-electron chi connectivity index (χ1n) is 7.77. The number of nitrogens with zero attached hydrogens (tertiary/aromatic N) is 2. The van der Waals surface area contributed by atoms with Gasteiger partial charge in [-0.15, -0.1) is 24.0 Å². The Morgan fingerprint density at radius 1 is 1.44 bits per heavy atom. The SMILES string of the molecule is CN=C(NCc1cccnc1OCCOC)NC1CCS(=O)(=O)C1.I. The van der Waals surface area contributed by atoms with E-state index in [0.29, 0.717) is 38.0 Å². The molecule has 0 bridgehead atoms. The highest BCUT2D eigenvalue weighted by Gasteiger charge is 2.28. The van der Waals surface area contributed by atoms with Crippen LogP contribution in [0.3, 0.4) is 0 Å². The van der Waals surface area contributed by atoms with Crippen molar-refractivity contribution in [2.45, 2.75) is 19.0 Å². The minimum Gasteiger partial charge on any atom is -0.475 e.